The Labute approximate surface area is 94.4 Å². The Morgan fingerprint density at radius 3 is 2.00 bits per heavy atom. The van der Waals surface area contributed by atoms with Crippen molar-refractivity contribution in [1.82, 2.24) is 0 Å². The highest BCUT2D eigenvalue weighted by Crippen LogP contribution is 2.44. The third-order valence-electron chi connectivity index (χ3n) is 3.52. The molecule has 1 heterocycles. The fraction of sp³-hybridized carbons (Fsp3) is 1.00. The maximum atomic E-state index is 5.93. The summed E-state index contributed by atoms with van der Waals surface area (Å²) >= 11 is 0. The molecule has 2 atom stereocenters. The third kappa shape index (κ3) is 2.00. The van der Waals surface area contributed by atoms with Gasteiger partial charge in [0, 0.05) is 19.1 Å². The molecule has 0 aliphatic carbocycles. The van der Waals surface area contributed by atoms with Crippen LogP contribution in [0.2, 0.25) is 6.55 Å². The molecule has 0 aromatic carbocycles. The molecule has 0 N–H and O–H groups in total. The molecule has 1 saturated heterocycles. The van der Waals surface area contributed by atoms with Gasteiger partial charge < -0.3 is 13.6 Å². The Balaban J connectivity index is 2.85. The van der Waals surface area contributed by atoms with Crippen LogP contribution in [0.15, 0.2) is 0 Å². The molecule has 0 spiro atoms. The largest absolute Gasteiger partial charge is 0.393 e. The van der Waals surface area contributed by atoms with Gasteiger partial charge in [-0.1, -0.05) is 13.8 Å². The minimum atomic E-state index is -2.20. The average molecular weight is 232 g/mol. The molecule has 2 unspecified atom stereocenters. The fourth-order valence-electron chi connectivity index (χ4n) is 2.64. The molecular formula is C11H24O3Si. The van der Waals surface area contributed by atoms with E-state index in [-0.39, 0.29) is 5.22 Å². The van der Waals surface area contributed by atoms with Crippen molar-refractivity contribution >= 4 is 8.56 Å². The topological polar surface area (TPSA) is 27.7 Å². The first-order chi connectivity index (χ1) is 7.06. The van der Waals surface area contributed by atoms with Crippen molar-refractivity contribution in [3.8, 4) is 0 Å². The normalized spacial score (nSPS) is 31.4. The lowest BCUT2D eigenvalue weighted by atomic mass is 9.97. The van der Waals surface area contributed by atoms with E-state index in [0.29, 0.717) is 19.1 Å². The lowest BCUT2D eigenvalue weighted by molar-refractivity contribution is -0.171. The third-order valence-corrected chi connectivity index (χ3v) is 7.73. The lowest BCUT2D eigenvalue weighted by Crippen LogP contribution is -2.71. The Morgan fingerprint density at radius 2 is 1.80 bits per heavy atom. The van der Waals surface area contributed by atoms with Gasteiger partial charge in [-0.25, -0.2) is 0 Å². The van der Waals surface area contributed by atoms with Crippen LogP contribution in [0.5, 0.6) is 0 Å². The average Bonchev–Trinajstić information content (AvgIpc) is 2.17. The molecule has 1 rings (SSSR count). The van der Waals surface area contributed by atoms with Crippen LogP contribution in [0.1, 0.15) is 34.1 Å². The number of hydrogen-bond acceptors (Lipinski definition) is 3. The van der Waals surface area contributed by atoms with Gasteiger partial charge >= 0.3 is 8.56 Å². The first-order valence-electron chi connectivity index (χ1n) is 5.98. The summed E-state index contributed by atoms with van der Waals surface area (Å²) in [7, 11) is -2.20. The van der Waals surface area contributed by atoms with Crippen molar-refractivity contribution < 1.29 is 13.6 Å². The molecular weight excluding hydrogens is 208 g/mol. The van der Waals surface area contributed by atoms with E-state index in [9.17, 15) is 0 Å². The van der Waals surface area contributed by atoms with E-state index < -0.39 is 8.56 Å². The van der Waals surface area contributed by atoms with Gasteiger partial charge in [-0.15, -0.1) is 0 Å². The molecule has 0 amide bonds. The van der Waals surface area contributed by atoms with Crippen molar-refractivity contribution in [2.75, 3.05) is 19.8 Å². The maximum Gasteiger partial charge on any atom is 0.368 e. The Bertz CT molecular complexity index is 200. The molecule has 90 valence electrons. The predicted molar refractivity (Wildman–Crippen MR) is 63.0 cm³/mol. The van der Waals surface area contributed by atoms with E-state index in [1.54, 1.807) is 0 Å². The van der Waals surface area contributed by atoms with Crippen molar-refractivity contribution in [2.45, 2.75) is 45.9 Å². The van der Waals surface area contributed by atoms with Crippen LogP contribution in [0.3, 0.4) is 0 Å². The Hall–Kier alpha value is 0.0969. The summed E-state index contributed by atoms with van der Waals surface area (Å²) in [5.74, 6) is 0.553. The minimum Gasteiger partial charge on any atom is -0.393 e. The summed E-state index contributed by atoms with van der Waals surface area (Å²) in [4.78, 5) is 0. The molecule has 3 nitrogen and oxygen atoms in total. The number of hydrogen-bond donors (Lipinski definition) is 0. The summed E-state index contributed by atoms with van der Waals surface area (Å²) < 4.78 is 17.7. The smallest absolute Gasteiger partial charge is 0.368 e. The number of rotatable bonds is 6. The van der Waals surface area contributed by atoms with E-state index in [1.165, 1.54) is 0 Å². The SMILES string of the molecule is CCO[Si](C)(OCC)C1(CC)OCC1C. The summed E-state index contributed by atoms with van der Waals surface area (Å²) in [5.41, 5.74) is 0. The minimum absolute atomic E-state index is 0.126. The van der Waals surface area contributed by atoms with Crippen molar-refractivity contribution in [2.24, 2.45) is 5.92 Å². The molecule has 4 heteroatoms. The van der Waals surface area contributed by atoms with Crippen LogP contribution < -0.4 is 0 Å². The molecule has 0 saturated carbocycles. The zero-order valence-electron chi connectivity index (χ0n) is 10.6. The van der Waals surface area contributed by atoms with Gasteiger partial charge in [0.2, 0.25) is 0 Å². The second kappa shape index (κ2) is 4.95. The predicted octanol–water partition coefficient (Wildman–Crippen LogP) is 2.49. The van der Waals surface area contributed by atoms with Crippen molar-refractivity contribution in [3.05, 3.63) is 0 Å². The highest BCUT2D eigenvalue weighted by atomic mass is 28.4. The summed E-state index contributed by atoms with van der Waals surface area (Å²) in [6.45, 7) is 12.8. The Kier molecular flexibility index (Phi) is 4.35. The quantitative estimate of drug-likeness (QED) is 0.659. The molecule has 15 heavy (non-hydrogen) atoms. The molecule has 0 bridgehead atoms. The van der Waals surface area contributed by atoms with E-state index in [4.69, 9.17) is 13.6 Å². The van der Waals surface area contributed by atoms with E-state index in [2.05, 4.69) is 20.4 Å². The molecule has 0 aromatic heterocycles. The summed E-state index contributed by atoms with van der Waals surface area (Å²) in [6, 6.07) is 0. The van der Waals surface area contributed by atoms with Crippen molar-refractivity contribution in [3.63, 3.8) is 0 Å². The fourth-order valence-corrected chi connectivity index (χ4v) is 6.28. The van der Waals surface area contributed by atoms with Gasteiger partial charge in [-0.3, -0.25) is 0 Å². The van der Waals surface area contributed by atoms with Crippen molar-refractivity contribution in [1.29, 1.82) is 0 Å². The van der Waals surface area contributed by atoms with Crippen LogP contribution in [-0.2, 0) is 13.6 Å². The maximum absolute atomic E-state index is 5.93. The van der Waals surface area contributed by atoms with Crippen LogP contribution in [0, 0.1) is 5.92 Å². The van der Waals surface area contributed by atoms with Crippen LogP contribution in [-0.4, -0.2) is 33.6 Å². The van der Waals surface area contributed by atoms with Gasteiger partial charge in [0.1, 0.15) is 5.22 Å². The first kappa shape index (κ1) is 13.2. The highest BCUT2D eigenvalue weighted by molar-refractivity contribution is 6.69. The molecule has 0 aromatic rings. The molecule has 1 aliphatic heterocycles. The second-order valence-corrected chi connectivity index (χ2v) is 7.58. The van der Waals surface area contributed by atoms with E-state index in [0.717, 1.165) is 13.0 Å². The van der Waals surface area contributed by atoms with Gasteiger partial charge in [-0.2, -0.15) is 0 Å². The van der Waals surface area contributed by atoms with Gasteiger partial charge in [0.15, 0.2) is 0 Å². The van der Waals surface area contributed by atoms with E-state index >= 15 is 0 Å². The van der Waals surface area contributed by atoms with Gasteiger partial charge in [-0.05, 0) is 26.8 Å². The van der Waals surface area contributed by atoms with Crippen LogP contribution >= 0.6 is 0 Å². The highest BCUT2D eigenvalue weighted by Gasteiger charge is 2.62. The zero-order chi connectivity index (χ0) is 11.5. The first-order valence-corrected chi connectivity index (χ1v) is 8.29. The zero-order valence-corrected chi connectivity index (χ0v) is 11.6. The monoisotopic (exact) mass is 232 g/mol. The Morgan fingerprint density at radius 1 is 1.27 bits per heavy atom. The van der Waals surface area contributed by atoms with Crippen LogP contribution in [0.4, 0.5) is 0 Å². The van der Waals surface area contributed by atoms with Crippen LogP contribution in [0.25, 0.3) is 0 Å². The lowest BCUT2D eigenvalue weighted by Gasteiger charge is -2.54. The summed E-state index contributed by atoms with van der Waals surface area (Å²) in [5, 5.41) is -0.126. The summed E-state index contributed by atoms with van der Waals surface area (Å²) in [6.07, 6.45) is 0.983. The molecule has 1 aliphatic rings. The molecule has 1 fully saturated rings. The second-order valence-electron chi connectivity index (χ2n) is 4.27. The number of ether oxygens (including phenoxy) is 1. The standard InChI is InChI=1S/C11H24O3Si/c1-6-11(10(4)9-12-11)15(5,13-7-2)14-8-3/h10H,6-9H2,1-5H3. The van der Waals surface area contributed by atoms with E-state index in [1.807, 2.05) is 13.8 Å². The van der Waals surface area contributed by atoms with Gasteiger partial charge in [0.05, 0.1) is 6.61 Å². The van der Waals surface area contributed by atoms with Gasteiger partial charge in [0.25, 0.3) is 0 Å². The molecule has 0 radical (unpaired) electrons.